The molecule has 0 radical (unpaired) electrons. The Kier molecular flexibility index (Phi) is 9.24. The molecule has 0 aliphatic heterocycles. The van der Waals surface area contributed by atoms with Crippen molar-refractivity contribution in [2.24, 2.45) is 0 Å². The number of hydrogen-bond acceptors (Lipinski definition) is 6. The van der Waals surface area contributed by atoms with Crippen LogP contribution in [0.5, 0.6) is 11.5 Å². The second-order valence-corrected chi connectivity index (χ2v) is 9.48. The lowest BCUT2D eigenvalue weighted by Crippen LogP contribution is -2.53. The molecule has 14 heteroatoms. The Hall–Kier alpha value is -4.46. The standard InChI is InChI=1S/C25H25F3N4O6S/c1-32(18-12-14-19(37-2)15-13-18)23(33)21(16-17-8-4-3-5-9-17)29-24(34)31-39(35,36)30-20-10-6-7-11-22(20)38-25(26,27)28/h3-15,21,30H,16H2,1-2H3,(H2,29,31,34). The summed E-state index contributed by atoms with van der Waals surface area (Å²) in [5, 5.41) is 2.34. The number of urea groups is 1. The summed E-state index contributed by atoms with van der Waals surface area (Å²) in [6.07, 6.45) is -5.06. The third kappa shape index (κ3) is 8.81. The maximum Gasteiger partial charge on any atom is 0.573 e. The fraction of sp³-hybridized carbons (Fsp3) is 0.200. The lowest BCUT2D eigenvalue weighted by Gasteiger charge is -2.25. The number of rotatable bonds is 10. The fourth-order valence-electron chi connectivity index (χ4n) is 3.46. The first kappa shape index (κ1) is 29.1. The second kappa shape index (κ2) is 12.4. The summed E-state index contributed by atoms with van der Waals surface area (Å²) in [5.74, 6) is -0.819. The number of likely N-dealkylation sites (N-methyl/N-ethyl adjacent to an activating group) is 1. The van der Waals surface area contributed by atoms with E-state index in [1.807, 2.05) is 4.72 Å². The van der Waals surface area contributed by atoms with Gasteiger partial charge in [-0.1, -0.05) is 42.5 Å². The summed E-state index contributed by atoms with van der Waals surface area (Å²) in [6, 6.07) is 17.1. The third-order valence-electron chi connectivity index (χ3n) is 5.26. The number of carbonyl (C=O) groups is 2. The summed E-state index contributed by atoms with van der Waals surface area (Å²) >= 11 is 0. The van der Waals surface area contributed by atoms with Crippen LogP contribution in [0.15, 0.2) is 78.9 Å². The number of methoxy groups -OCH3 is 1. The number of halogens is 3. The minimum Gasteiger partial charge on any atom is -0.497 e. The van der Waals surface area contributed by atoms with Crippen LogP contribution in [0.25, 0.3) is 0 Å². The third-order valence-corrected chi connectivity index (χ3v) is 6.20. The highest BCUT2D eigenvalue weighted by Gasteiger charge is 2.33. The molecule has 3 aromatic carbocycles. The van der Waals surface area contributed by atoms with E-state index >= 15 is 0 Å². The van der Waals surface area contributed by atoms with Crippen LogP contribution in [-0.2, 0) is 21.4 Å². The highest BCUT2D eigenvalue weighted by atomic mass is 32.2. The van der Waals surface area contributed by atoms with Crippen molar-refractivity contribution in [2.45, 2.75) is 18.8 Å². The zero-order chi connectivity index (χ0) is 28.6. The number of alkyl halides is 3. The molecule has 0 heterocycles. The average Bonchev–Trinajstić information content (AvgIpc) is 2.88. The van der Waals surface area contributed by atoms with Crippen molar-refractivity contribution in [3.8, 4) is 11.5 Å². The molecule has 10 nitrogen and oxygen atoms in total. The van der Waals surface area contributed by atoms with Crippen LogP contribution >= 0.6 is 0 Å². The molecular weight excluding hydrogens is 541 g/mol. The molecule has 0 aromatic heterocycles. The first-order valence-corrected chi connectivity index (χ1v) is 12.8. The molecule has 0 aliphatic carbocycles. The molecule has 0 fully saturated rings. The molecule has 0 saturated carbocycles. The van der Waals surface area contributed by atoms with Gasteiger partial charge in [-0.3, -0.25) is 9.52 Å². The number of benzene rings is 3. The number of anilines is 2. The van der Waals surface area contributed by atoms with Crippen LogP contribution in [0.1, 0.15) is 5.56 Å². The summed E-state index contributed by atoms with van der Waals surface area (Å²) < 4.78 is 75.4. The smallest absolute Gasteiger partial charge is 0.497 e. The van der Waals surface area contributed by atoms with Crippen molar-refractivity contribution in [3.05, 3.63) is 84.4 Å². The van der Waals surface area contributed by atoms with Crippen molar-refractivity contribution in [1.29, 1.82) is 0 Å². The molecule has 3 amide bonds. The second-order valence-electron chi connectivity index (χ2n) is 8.06. The molecule has 1 atom stereocenters. The molecule has 3 rings (SSSR count). The van der Waals surface area contributed by atoms with E-state index in [0.717, 1.165) is 12.1 Å². The number of hydrogen-bond donors (Lipinski definition) is 3. The van der Waals surface area contributed by atoms with Crippen molar-refractivity contribution < 1.29 is 40.7 Å². The average molecular weight is 567 g/mol. The van der Waals surface area contributed by atoms with Crippen LogP contribution in [-0.4, -0.2) is 46.9 Å². The van der Waals surface area contributed by atoms with E-state index in [4.69, 9.17) is 4.74 Å². The van der Waals surface area contributed by atoms with Crippen LogP contribution in [0.4, 0.5) is 29.3 Å². The van der Waals surface area contributed by atoms with Gasteiger partial charge in [0.25, 0.3) is 0 Å². The summed E-state index contributed by atoms with van der Waals surface area (Å²) in [6.45, 7) is 0. The quantitative estimate of drug-likeness (QED) is 0.343. The maximum absolute atomic E-state index is 13.3. The molecule has 3 N–H and O–H groups in total. The van der Waals surface area contributed by atoms with Gasteiger partial charge in [-0.05, 0) is 42.0 Å². The lowest BCUT2D eigenvalue weighted by molar-refractivity contribution is -0.274. The van der Waals surface area contributed by atoms with E-state index < -0.39 is 46.0 Å². The van der Waals surface area contributed by atoms with Gasteiger partial charge < -0.3 is 19.7 Å². The molecule has 1 unspecified atom stereocenters. The molecule has 0 spiro atoms. The van der Waals surface area contributed by atoms with E-state index in [2.05, 4.69) is 10.1 Å². The van der Waals surface area contributed by atoms with Gasteiger partial charge in [0.1, 0.15) is 11.8 Å². The Morgan fingerprint density at radius 2 is 1.56 bits per heavy atom. The Balaban J connectivity index is 1.76. The number of nitrogens with one attached hydrogen (secondary N) is 3. The van der Waals surface area contributed by atoms with Gasteiger partial charge >= 0.3 is 22.6 Å². The van der Waals surface area contributed by atoms with Gasteiger partial charge in [0.2, 0.25) is 5.91 Å². The number of para-hydroxylation sites is 2. The summed E-state index contributed by atoms with van der Waals surface area (Å²) in [7, 11) is -1.76. The molecule has 0 aliphatic rings. The fourth-order valence-corrected chi connectivity index (χ4v) is 4.27. The van der Waals surface area contributed by atoms with E-state index in [9.17, 15) is 31.2 Å². The highest BCUT2D eigenvalue weighted by Crippen LogP contribution is 2.30. The highest BCUT2D eigenvalue weighted by molar-refractivity contribution is 7.91. The zero-order valence-electron chi connectivity index (χ0n) is 20.7. The normalized spacial score (nSPS) is 12.1. The van der Waals surface area contributed by atoms with Gasteiger partial charge in [-0.2, -0.15) is 8.42 Å². The first-order chi connectivity index (χ1) is 18.4. The predicted molar refractivity (Wildman–Crippen MR) is 138 cm³/mol. The molecule has 3 aromatic rings. The van der Waals surface area contributed by atoms with E-state index in [-0.39, 0.29) is 6.42 Å². The molecule has 208 valence electrons. The molecule has 0 bridgehead atoms. The first-order valence-electron chi connectivity index (χ1n) is 11.3. The monoisotopic (exact) mass is 566 g/mol. The molecule has 0 saturated heterocycles. The van der Waals surface area contributed by atoms with E-state index in [0.29, 0.717) is 17.0 Å². The Morgan fingerprint density at radius 1 is 0.949 bits per heavy atom. The van der Waals surface area contributed by atoms with Crippen molar-refractivity contribution in [3.63, 3.8) is 0 Å². The number of ether oxygens (including phenoxy) is 2. The Bertz CT molecular complexity index is 1390. The summed E-state index contributed by atoms with van der Waals surface area (Å²) in [4.78, 5) is 27.3. The van der Waals surface area contributed by atoms with Gasteiger partial charge in [0.05, 0.1) is 12.8 Å². The van der Waals surface area contributed by atoms with Crippen LogP contribution in [0.3, 0.4) is 0 Å². The van der Waals surface area contributed by atoms with Gasteiger partial charge in [0, 0.05) is 19.2 Å². The maximum atomic E-state index is 13.3. The largest absolute Gasteiger partial charge is 0.573 e. The molecular formula is C25H25F3N4O6S. The van der Waals surface area contributed by atoms with Crippen LogP contribution in [0.2, 0.25) is 0 Å². The van der Waals surface area contributed by atoms with Crippen LogP contribution < -0.4 is 29.1 Å². The van der Waals surface area contributed by atoms with Gasteiger partial charge in [0.15, 0.2) is 5.75 Å². The van der Waals surface area contributed by atoms with Gasteiger partial charge in [-0.25, -0.2) is 9.52 Å². The van der Waals surface area contributed by atoms with E-state index in [1.54, 1.807) is 59.3 Å². The zero-order valence-corrected chi connectivity index (χ0v) is 21.5. The minimum atomic E-state index is -5.08. The topological polar surface area (TPSA) is 126 Å². The molecule has 39 heavy (non-hydrogen) atoms. The van der Waals surface area contributed by atoms with Gasteiger partial charge in [-0.15, -0.1) is 13.2 Å². The van der Waals surface area contributed by atoms with Crippen molar-refractivity contribution in [2.75, 3.05) is 23.8 Å². The van der Waals surface area contributed by atoms with Crippen molar-refractivity contribution in [1.82, 2.24) is 10.0 Å². The number of amides is 3. The Labute approximate surface area is 222 Å². The summed E-state index contributed by atoms with van der Waals surface area (Å²) in [5.41, 5.74) is 0.599. The lowest BCUT2D eigenvalue weighted by atomic mass is 10.0. The minimum absolute atomic E-state index is 0.0172. The van der Waals surface area contributed by atoms with Crippen molar-refractivity contribution >= 4 is 33.5 Å². The van der Waals surface area contributed by atoms with Crippen LogP contribution in [0, 0.1) is 0 Å². The number of nitrogens with zero attached hydrogens (tertiary/aromatic N) is 1. The Morgan fingerprint density at radius 3 is 2.18 bits per heavy atom. The predicted octanol–water partition coefficient (Wildman–Crippen LogP) is 3.82. The van der Waals surface area contributed by atoms with E-state index in [1.165, 1.54) is 31.2 Å². The SMILES string of the molecule is COc1ccc(N(C)C(=O)C(Cc2ccccc2)NC(=O)NS(=O)(=O)Nc2ccccc2OC(F)(F)F)cc1. The number of carbonyl (C=O) groups excluding carboxylic acids is 2.